The Balaban J connectivity index is 1.39. The minimum absolute atomic E-state index is 0.313. The summed E-state index contributed by atoms with van der Waals surface area (Å²) in [6.45, 7) is 10.8. The van der Waals surface area contributed by atoms with E-state index in [-0.39, 0.29) is 5.41 Å². The van der Waals surface area contributed by atoms with Crippen molar-refractivity contribution < 1.29 is 23.7 Å². The molecule has 51 heavy (non-hydrogen) atoms. The number of rotatable bonds is 6. The summed E-state index contributed by atoms with van der Waals surface area (Å²) in [5.41, 5.74) is 9.52. The van der Waals surface area contributed by atoms with Crippen LogP contribution in [0.25, 0.3) is 28.0 Å². The van der Waals surface area contributed by atoms with Crippen LogP contribution in [0.2, 0.25) is 0 Å². The van der Waals surface area contributed by atoms with Gasteiger partial charge in [-0.3, -0.25) is 0 Å². The topological polar surface area (TPSA) is 52.6 Å². The number of ether oxygens (including phenoxy) is 5. The molecule has 0 spiro atoms. The molecule has 4 aliphatic rings. The van der Waals surface area contributed by atoms with Crippen LogP contribution in [0.3, 0.4) is 0 Å². The number of hydrogen-bond donors (Lipinski definition) is 0. The molecule has 1 unspecified atom stereocenters. The molecule has 0 radical (unpaired) electrons. The Morgan fingerprint density at radius 1 is 0.686 bits per heavy atom. The second-order valence-electron chi connectivity index (χ2n) is 14.4. The zero-order valence-electron chi connectivity index (χ0n) is 29.8. The lowest BCUT2D eigenvalue weighted by Gasteiger charge is -2.40. The number of fused-ring (bicyclic) bond motifs is 8. The van der Waals surface area contributed by atoms with Crippen LogP contribution < -0.4 is 24.0 Å². The Labute approximate surface area is 299 Å². The van der Waals surface area contributed by atoms with Crippen LogP contribution in [0.1, 0.15) is 41.7 Å². The lowest BCUT2D eigenvalue weighted by atomic mass is 9.76. The molecule has 5 aromatic carbocycles. The van der Waals surface area contributed by atoms with Crippen LogP contribution in [-0.4, -0.2) is 66.8 Å². The smallest absolute Gasteiger partial charge is 0.178 e. The molecule has 3 heterocycles. The van der Waals surface area contributed by atoms with Crippen molar-refractivity contribution >= 4 is 28.2 Å². The zero-order valence-corrected chi connectivity index (χ0v) is 29.8. The first kappa shape index (κ1) is 32.0. The molecule has 2 fully saturated rings. The van der Waals surface area contributed by atoms with Crippen molar-refractivity contribution in [2.24, 2.45) is 0 Å². The predicted molar refractivity (Wildman–Crippen MR) is 204 cm³/mol. The highest BCUT2D eigenvalue weighted by molar-refractivity contribution is 6.14. The van der Waals surface area contributed by atoms with Gasteiger partial charge < -0.3 is 33.5 Å². The summed E-state index contributed by atoms with van der Waals surface area (Å²) >= 11 is 0. The summed E-state index contributed by atoms with van der Waals surface area (Å²) in [7, 11) is 3.45. The van der Waals surface area contributed by atoms with E-state index in [1.165, 1.54) is 39.0 Å². The third-order valence-corrected chi connectivity index (χ3v) is 11.4. The number of hydrogen-bond acceptors (Lipinski definition) is 7. The van der Waals surface area contributed by atoms with E-state index < -0.39 is 5.60 Å². The number of morpholine rings is 2. The highest BCUT2D eigenvalue weighted by atomic mass is 16.5. The molecule has 9 rings (SSSR count). The van der Waals surface area contributed by atoms with Crippen molar-refractivity contribution in [1.82, 2.24) is 0 Å². The fourth-order valence-electron chi connectivity index (χ4n) is 8.73. The molecule has 1 aliphatic carbocycles. The molecule has 0 bridgehead atoms. The summed E-state index contributed by atoms with van der Waals surface area (Å²) < 4.78 is 30.8. The monoisotopic (exact) mass is 680 g/mol. The lowest BCUT2D eigenvalue weighted by Crippen LogP contribution is -2.38. The maximum absolute atomic E-state index is 7.71. The first-order valence-electron chi connectivity index (χ1n) is 18.0. The van der Waals surface area contributed by atoms with Gasteiger partial charge in [0.25, 0.3) is 0 Å². The van der Waals surface area contributed by atoms with Gasteiger partial charge in [0.2, 0.25) is 0 Å². The second-order valence-corrected chi connectivity index (χ2v) is 14.4. The molecule has 0 N–H and O–H groups in total. The molecule has 0 aromatic heterocycles. The summed E-state index contributed by atoms with van der Waals surface area (Å²) in [4.78, 5) is 4.97. The number of anilines is 2. The summed E-state index contributed by atoms with van der Waals surface area (Å²) in [5.74, 6) is 2.59. The maximum atomic E-state index is 7.71. The molecular weight excluding hydrogens is 636 g/mol. The Bertz CT molecular complexity index is 2150. The van der Waals surface area contributed by atoms with Gasteiger partial charge in [-0.1, -0.05) is 68.5 Å². The van der Waals surface area contributed by atoms with Crippen molar-refractivity contribution in [1.29, 1.82) is 0 Å². The Morgan fingerprint density at radius 2 is 1.33 bits per heavy atom. The van der Waals surface area contributed by atoms with E-state index in [1.807, 2.05) is 12.1 Å². The van der Waals surface area contributed by atoms with E-state index in [4.69, 9.17) is 23.7 Å². The largest absolute Gasteiger partial charge is 0.497 e. The summed E-state index contributed by atoms with van der Waals surface area (Å²) in [6.07, 6.45) is 4.59. The van der Waals surface area contributed by atoms with Crippen molar-refractivity contribution in [3.05, 3.63) is 119 Å². The number of methoxy groups -OCH3 is 2. The molecule has 2 saturated heterocycles. The van der Waals surface area contributed by atoms with Gasteiger partial charge in [-0.2, -0.15) is 0 Å². The minimum atomic E-state index is -0.869. The normalized spacial score (nSPS) is 20.4. The third kappa shape index (κ3) is 5.01. The van der Waals surface area contributed by atoms with Gasteiger partial charge in [0.1, 0.15) is 17.2 Å². The predicted octanol–water partition coefficient (Wildman–Crippen LogP) is 8.19. The second kappa shape index (κ2) is 12.4. The van der Waals surface area contributed by atoms with Gasteiger partial charge in [-0.05, 0) is 70.1 Å². The van der Waals surface area contributed by atoms with Gasteiger partial charge in [0.05, 0.1) is 46.3 Å². The van der Waals surface area contributed by atoms with Gasteiger partial charge >= 0.3 is 0 Å². The summed E-state index contributed by atoms with van der Waals surface area (Å²) in [5, 5.41) is 2.35. The van der Waals surface area contributed by atoms with Crippen LogP contribution >= 0.6 is 0 Å². The highest BCUT2D eigenvalue weighted by Gasteiger charge is 2.45. The average molecular weight is 681 g/mol. The maximum Gasteiger partial charge on any atom is 0.178 e. The van der Waals surface area contributed by atoms with E-state index in [9.17, 15) is 0 Å². The number of nitrogens with zero attached hydrogens (tertiary/aromatic N) is 2. The molecule has 1 atom stereocenters. The van der Waals surface area contributed by atoms with Crippen molar-refractivity contribution in [2.75, 3.05) is 76.6 Å². The Morgan fingerprint density at radius 3 is 2.02 bits per heavy atom. The number of benzene rings is 5. The average Bonchev–Trinajstić information content (AvgIpc) is 3.44. The fourth-order valence-corrected chi connectivity index (χ4v) is 8.73. The molecule has 7 nitrogen and oxygen atoms in total. The molecule has 0 saturated carbocycles. The van der Waals surface area contributed by atoms with E-state index in [0.717, 1.165) is 78.7 Å². The Hall–Kier alpha value is -4.98. The zero-order chi connectivity index (χ0) is 34.7. The van der Waals surface area contributed by atoms with Crippen LogP contribution in [0.5, 0.6) is 17.2 Å². The molecule has 0 amide bonds. The van der Waals surface area contributed by atoms with Gasteiger partial charge in [0.15, 0.2) is 5.60 Å². The van der Waals surface area contributed by atoms with Crippen LogP contribution in [0.4, 0.5) is 11.4 Å². The van der Waals surface area contributed by atoms with Gasteiger partial charge in [0, 0.05) is 59.4 Å². The van der Waals surface area contributed by atoms with E-state index >= 15 is 0 Å². The minimum Gasteiger partial charge on any atom is -0.497 e. The molecule has 5 aromatic rings. The van der Waals surface area contributed by atoms with Crippen LogP contribution in [-0.2, 0) is 20.5 Å². The van der Waals surface area contributed by atoms with Gasteiger partial charge in [-0.15, -0.1) is 0 Å². The van der Waals surface area contributed by atoms with Crippen LogP contribution in [0, 0.1) is 0 Å². The first-order chi connectivity index (χ1) is 24.9. The van der Waals surface area contributed by atoms with Crippen molar-refractivity contribution in [2.45, 2.75) is 24.9 Å². The molecule has 260 valence electrons. The standard InChI is InChI=1S/C44H44N2O5/c1-43(2)37-28-33(48-4)14-15-34(37)39-36-26-31(45-18-22-49-23-19-45)27-38(46-20-24-50-25-21-46)40(36)42-35(41(39)43)16-17-44(51-42,29-8-6-5-7-9-29)30-10-12-32(47-3)13-11-30/h5-17,26-28H,18-25H2,1-4H3. The van der Waals surface area contributed by atoms with E-state index in [1.54, 1.807) is 14.2 Å². The molecule has 7 heteroatoms. The van der Waals surface area contributed by atoms with Gasteiger partial charge in [-0.25, -0.2) is 0 Å². The fraction of sp³-hybridized carbons (Fsp3) is 0.318. The van der Waals surface area contributed by atoms with Crippen molar-refractivity contribution in [3.8, 4) is 28.4 Å². The quantitative estimate of drug-likeness (QED) is 0.179. The first-order valence-corrected chi connectivity index (χ1v) is 18.0. The van der Waals surface area contributed by atoms with E-state index in [0.29, 0.717) is 13.2 Å². The SMILES string of the molecule is COc1ccc(C2(c3ccccc3)C=Cc3c4c(c5cc(N6CCOCC6)cc(N6CCOCC6)c5c3O2)-c2ccc(OC)cc2C4(C)C)cc1. The highest BCUT2D eigenvalue weighted by Crippen LogP contribution is 2.60. The van der Waals surface area contributed by atoms with E-state index in [2.05, 4.69) is 109 Å². The third-order valence-electron chi connectivity index (χ3n) is 11.4. The molecule has 3 aliphatic heterocycles. The van der Waals surface area contributed by atoms with Crippen molar-refractivity contribution in [3.63, 3.8) is 0 Å². The lowest BCUT2D eigenvalue weighted by molar-refractivity contribution is 0.122. The Kier molecular flexibility index (Phi) is 7.74. The summed E-state index contributed by atoms with van der Waals surface area (Å²) in [6, 6.07) is 30.3. The molecular formula is C44H44N2O5. The van der Waals surface area contributed by atoms with Crippen LogP contribution in [0.15, 0.2) is 91.0 Å².